The van der Waals surface area contributed by atoms with Crippen LogP contribution in [0.2, 0.25) is 0 Å². The first-order chi connectivity index (χ1) is 14.3. The van der Waals surface area contributed by atoms with Gasteiger partial charge in [0.1, 0.15) is 12.4 Å². The maximum Gasteiger partial charge on any atom is 0.194 e. The Morgan fingerprint density at radius 1 is 1.10 bits per heavy atom. The summed E-state index contributed by atoms with van der Waals surface area (Å²) in [4.78, 5) is 6.80. The second-order valence-electron chi connectivity index (χ2n) is 8.09. The lowest BCUT2D eigenvalue weighted by Crippen LogP contribution is -2.57. The van der Waals surface area contributed by atoms with Gasteiger partial charge in [-0.15, -0.1) is 0 Å². The van der Waals surface area contributed by atoms with Crippen molar-refractivity contribution in [1.82, 2.24) is 10.2 Å². The highest BCUT2D eigenvalue weighted by Gasteiger charge is 2.40. The number of sulfone groups is 1. The molecule has 0 bridgehead atoms. The fourth-order valence-electron chi connectivity index (χ4n) is 3.34. The van der Waals surface area contributed by atoms with E-state index >= 15 is 0 Å². The van der Waals surface area contributed by atoms with Crippen molar-refractivity contribution in [1.29, 1.82) is 0 Å². The van der Waals surface area contributed by atoms with Gasteiger partial charge in [-0.3, -0.25) is 0 Å². The molecule has 6 nitrogen and oxygen atoms in total. The van der Waals surface area contributed by atoms with E-state index in [0.29, 0.717) is 26.2 Å². The van der Waals surface area contributed by atoms with Gasteiger partial charge in [0.2, 0.25) is 0 Å². The quantitative estimate of drug-likeness (QED) is 0.564. The molecule has 2 aromatic carbocycles. The molecular weight excluding hydrogens is 398 g/mol. The standard InChI is InChI=1S/C23H31N3O3S/c1-4-24-22(26-14-15-30(27,28)23(2,3)18-26)25-16-19-10-12-20(13-11-19)17-29-21-8-6-5-7-9-21/h5-13H,4,14-18H2,1-3H3,(H,24,25). The molecular formula is C23H31N3O3S. The van der Waals surface area contributed by atoms with Gasteiger partial charge in [-0.05, 0) is 44.0 Å². The van der Waals surface area contributed by atoms with Crippen LogP contribution in [-0.2, 0) is 23.0 Å². The van der Waals surface area contributed by atoms with Crippen LogP contribution in [0.25, 0.3) is 0 Å². The van der Waals surface area contributed by atoms with E-state index in [4.69, 9.17) is 9.73 Å². The van der Waals surface area contributed by atoms with Crippen LogP contribution in [0.1, 0.15) is 31.9 Å². The molecule has 0 unspecified atom stereocenters. The topological polar surface area (TPSA) is 71.0 Å². The summed E-state index contributed by atoms with van der Waals surface area (Å²) in [5.74, 6) is 1.77. The SMILES string of the molecule is CCNC(=NCc1ccc(COc2ccccc2)cc1)N1CCS(=O)(=O)C(C)(C)C1. The Hall–Kier alpha value is -2.54. The van der Waals surface area contributed by atoms with Crippen molar-refractivity contribution < 1.29 is 13.2 Å². The monoisotopic (exact) mass is 429 g/mol. The molecule has 162 valence electrons. The first-order valence-corrected chi connectivity index (χ1v) is 12.0. The number of hydrogen-bond donors (Lipinski definition) is 1. The van der Waals surface area contributed by atoms with Crippen LogP contribution < -0.4 is 10.1 Å². The van der Waals surface area contributed by atoms with E-state index < -0.39 is 14.6 Å². The Kier molecular flexibility index (Phi) is 7.02. The minimum absolute atomic E-state index is 0.153. The number of aliphatic imine (C=N–C) groups is 1. The summed E-state index contributed by atoms with van der Waals surface area (Å²) in [6.07, 6.45) is 0. The molecule has 1 N–H and O–H groups in total. The molecule has 30 heavy (non-hydrogen) atoms. The van der Waals surface area contributed by atoms with Crippen LogP contribution in [0, 0.1) is 0 Å². The van der Waals surface area contributed by atoms with Gasteiger partial charge in [0.15, 0.2) is 15.8 Å². The van der Waals surface area contributed by atoms with Crippen molar-refractivity contribution >= 4 is 15.8 Å². The molecule has 2 aromatic rings. The number of guanidine groups is 1. The number of nitrogens with one attached hydrogen (secondary N) is 1. The van der Waals surface area contributed by atoms with Gasteiger partial charge in [0.05, 0.1) is 17.0 Å². The van der Waals surface area contributed by atoms with Gasteiger partial charge in [-0.25, -0.2) is 13.4 Å². The van der Waals surface area contributed by atoms with Crippen LogP contribution in [0.4, 0.5) is 0 Å². The van der Waals surface area contributed by atoms with Gasteiger partial charge in [-0.2, -0.15) is 0 Å². The zero-order valence-electron chi connectivity index (χ0n) is 18.0. The molecule has 0 radical (unpaired) electrons. The minimum Gasteiger partial charge on any atom is -0.489 e. The fourth-order valence-corrected chi connectivity index (χ4v) is 4.71. The van der Waals surface area contributed by atoms with Gasteiger partial charge in [0.25, 0.3) is 0 Å². The summed E-state index contributed by atoms with van der Waals surface area (Å²) in [6.45, 7) is 8.29. The summed E-state index contributed by atoms with van der Waals surface area (Å²) < 4.78 is 29.6. The molecule has 3 rings (SSSR count). The predicted octanol–water partition coefficient (Wildman–Crippen LogP) is 3.24. The maximum absolute atomic E-state index is 12.3. The van der Waals surface area contributed by atoms with E-state index in [0.717, 1.165) is 29.4 Å². The third-order valence-electron chi connectivity index (χ3n) is 5.26. The number of ether oxygens (including phenoxy) is 1. The highest BCUT2D eigenvalue weighted by Crippen LogP contribution is 2.24. The molecule has 1 saturated heterocycles. The first kappa shape index (κ1) is 22.2. The highest BCUT2D eigenvalue weighted by molar-refractivity contribution is 7.92. The summed E-state index contributed by atoms with van der Waals surface area (Å²) in [7, 11) is -3.08. The van der Waals surface area contributed by atoms with E-state index in [-0.39, 0.29) is 5.75 Å². The molecule has 1 heterocycles. The summed E-state index contributed by atoms with van der Waals surface area (Å²) in [5, 5.41) is 3.30. The van der Waals surface area contributed by atoms with Crippen LogP contribution in [0.5, 0.6) is 5.75 Å². The van der Waals surface area contributed by atoms with E-state index in [9.17, 15) is 8.42 Å². The third kappa shape index (κ3) is 5.53. The Balaban J connectivity index is 1.62. The Morgan fingerprint density at radius 3 is 2.40 bits per heavy atom. The summed E-state index contributed by atoms with van der Waals surface area (Å²) >= 11 is 0. The Bertz CT molecular complexity index is 955. The van der Waals surface area contributed by atoms with E-state index in [2.05, 4.69) is 29.6 Å². The molecule has 0 aromatic heterocycles. The van der Waals surface area contributed by atoms with Crippen molar-refractivity contribution in [3.63, 3.8) is 0 Å². The zero-order chi connectivity index (χ0) is 21.6. The molecule has 7 heteroatoms. The van der Waals surface area contributed by atoms with Crippen LogP contribution in [0.3, 0.4) is 0 Å². The molecule has 1 aliphatic heterocycles. The van der Waals surface area contributed by atoms with Crippen LogP contribution in [0.15, 0.2) is 59.6 Å². The third-order valence-corrected chi connectivity index (χ3v) is 7.79. The number of nitrogens with zero attached hydrogens (tertiary/aromatic N) is 2. The van der Waals surface area contributed by atoms with Crippen LogP contribution >= 0.6 is 0 Å². The second kappa shape index (κ2) is 9.51. The van der Waals surface area contributed by atoms with E-state index in [1.807, 2.05) is 42.2 Å². The van der Waals surface area contributed by atoms with Gasteiger partial charge < -0.3 is 15.0 Å². The molecule has 1 aliphatic rings. The van der Waals surface area contributed by atoms with Crippen LogP contribution in [-0.4, -0.2) is 49.4 Å². The maximum atomic E-state index is 12.3. The lowest BCUT2D eigenvalue weighted by atomic mass is 10.1. The van der Waals surface area contributed by atoms with Crippen molar-refractivity contribution in [2.75, 3.05) is 25.4 Å². The van der Waals surface area contributed by atoms with Gasteiger partial charge in [0, 0.05) is 19.6 Å². The highest BCUT2D eigenvalue weighted by atomic mass is 32.2. The number of benzene rings is 2. The lowest BCUT2D eigenvalue weighted by molar-refractivity contribution is 0.306. The number of rotatable bonds is 6. The largest absolute Gasteiger partial charge is 0.489 e. The average Bonchev–Trinajstić information content (AvgIpc) is 2.73. The molecule has 1 fully saturated rings. The molecule has 0 spiro atoms. The molecule has 0 aliphatic carbocycles. The summed E-state index contributed by atoms with van der Waals surface area (Å²) in [6, 6.07) is 18.0. The van der Waals surface area contributed by atoms with Gasteiger partial charge in [-0.1, -0.05) is 42.5 Å². The van der Waals surface area contributed by atoms with Crippen molar-refractivity contribution in [2.45, 2.75) is 38.7 Å². The first-order valence-electron chi connectivity index (χ1n) is 10.3. The molecule has 0 atom stereocenters. The Labute approximate surface area is 179 Å². The Morgan fingerprint density at radius 2 is 1.77 bits per heavy atom. The lowest BCUT2D eigenvalue weighted by Gasteiger charge is -2.39. The number of para-hydroxylation sites is 1. The van der Waals surface area contributed by atoms with Gasteiger partial charge >= 0.3 is 0 Å². The predicted molar refractivity (Wildman–Crippen MR) is 121 cm³/mol. The van der Waals surface area contributed by atoms with Crippen molar-refractivity contribution in [3.8, 4) is 5.75 Å². The second-order valence-corrected chi connectivity index (χ2v) is 10.8. The van der Waals surface area contributed by atoms with Crippen molar-refractivity contribution in [3.05, 3.63) is 65.7 Å². The van der Waals surface area contributed by atoms with E-state index in [1.165, 1.54) is 0 Å². The number of hydrogen-bond acceptors (Lipinski definition) is 4. The minimum atomic E-state index is -3.08. The van der Waals surface area contributed by atoms with Crippen molar-refractivity contribution in [2.24, 2.45) is 4.99 Å². The van der Waals surface area contributed by atoms with E-state index in [1.54, 1.807) is 13.8 Å². The molecule has 0 saturated carbocycles. The smallest absolute Gasteiger partial charge is 0.194 e. The zero-order valence-corrected chi connectivity index (χ0v) is 18.8. The normalized spacial score (nSPS) is 18.1. The molecule has 0 amide bonds. The summed E-state index contributed by atoms with van der Waals surface area (Å²) in [5.41, 5.74) is 2.19. The fraction of sp³-hybridized carbons (Fsp3) is 0.435. The average molecular weight is 430 g/mol.